The number of hydrogen-bond acceptors (Lipinski definition) is 4. The molecule has 1 aliphatic carbocycles. The third-order valence-corrected chi connectivity index (χ3v) is 3.83. The number of rotatable bonds is 4. The molecule has 3 N–H and O–H groups in total. The van der Waals surface area contributed by atoms with Crippen LogP contribution in [0.4, 0.5) is 5.69 Å². The minimum absolute atomic E-state index is 0.513. The molecule has 1 aromatic heterocycles. The highest BCUT2D eigenvalue weighted by Gasteiger charge is 2.25. The highest BCUT2D eigenvalue weighted by atomic mass is 15.5. The number of benzene rings is 1. The fourth-order valence-corrected chi connectivity index (χ4v) is 2.76. The fourth-order valence-electron chi connectivity index (χ4n) is 2.76. The summed E-state index contributed by atoms with van der Waals surface area (Å²) < 4.78 is 0. The normalized spacial score (nSPS) is 22.6. The van der Waals surface area contributed by atoms with Crippen molar-refractivity contribution < 1.29 is 0 Å². The van der Waals surface area contributed by atoms with E-state index in [-0.39, 0.29) is 0 Å². The zero-order valence-electron chi connectivity index (χ0n) is 10.9. The van der Waals surface area contributed by atoms with E-state index < -0.39 is 0 Å². The predicted molar refractivity (Wildman–Crippen MR) is 75.2 cm³/mol. The van der Waals surface area contributed by atoms with Crippen molar-refractivity contribution in [2.75, 3.05) is 11.9 Å². The van der Waals surface area contributed by atoms with Gasteiger partial charge in [0.15, 0.2) is 0 Å². The largest absolute Gasteiger partial charge is 0.382 e. The van der Waals surface area contributed by atoms with E-state index in [1.54, 1.807) is 17.2 Å². The first-order valence-corrected chi connectivity index (χ1v) is 6.80. The Hall–Kier alpha value is -1.88. The molecule has 1 aliphatic rings. The maximum Gasteiger partial charge on any atom is 0.0858 e. The van der Waals surface area contributed by atoms with Gasteiger partial charge in [0, 0.05) is 11.7 Å². The minimum atomic E-state index is 0.513. The average Bonchev–Trinajstić information content (AvgIpc) is 3.10. The molecule has 0 saturated heterocycles. The molecule has 100 valence electrons. The second kappa shape index (κ2) is 5.40. The molecular weight excluding hydrogens is 238 g/mol. The number of nitrogens with one attached hydrogen (secondary N) is 1. The molecule has 3 rings (SSSR count). The Morgan fingerprint density at radius 1 is 1.16 bits per heavy atom. The number of nitrogens with two attached hydrogens (primary N) is 1. The van der Waals surface area contributed by atoms with Crippen LogP contribution in [0, 0.1) is 5.92 Å². The van der Waals surface area contributed by atoms with Gasteiger partial charge in [-0.3, -0.25) is 0 Å². The number of hydrogen-bond donors (Lipinski definition) is 2. The van der Waals surface area contributed by atoms with Crippen molar-refractivity contribution in [1.29, 1.82) is 0 Å². The van der Waals surface area contributed by atoms with Crippen LogP contribution >= 0.6 is 0 Å². The molecule has 5 heteroatoms. The molecule has 19 heavy (non-hydrogen) atoms. The van der Waals surface area contributed by atoms with Crippen LogP contribution in [-0.4, -0.2) is 27.6 Å². The average molecular weight is 257 g/mol. The summed E-state index contributed by atoms with van der Waals surface area (Å²) in [7, 11) is 0. The summed E-state index contributed by atoms with van der Waals surface area (Å²) in [4.78, 5) is 1.61. The molecule has 1 saturated carbocycles. The van der Waals surface area contributed by atoms with Crippen LogP contribution in [0.15, 0.2) is 36.7 Å². The van der Waals surface area contributed by atoms with Crippen molar-refractivity contribution >= 4 is 5.69 Å². The van der Waals surface area contributed by atoms with Gasteiger partial charge in [-0.25, -0.2) is 0 Å². The van der Waals surface area contributed by atoms with Crippen molar-refractivity contribution in [1.82, 2.24) is 15.0 Å². The summed E-state index contributed by atoms with van der Waals surface area (Å²) in [5.41, 5.74) is 7.92. The third-order valence-electron chi connectivity index (χ3n) is 3.83. The van der Waals surface area contributed by atoms with Crippen LogP contribution < -0.4 is 11.1 Å². The van der Waals surface area contributed by atoms with Crippen LogP contribution in [0.5, 0.6) is 0 Å². The van der Waals surface area contributed by atoms with Gasteiger partial charge in [0.1, 0.15) is 0 Å². The molecule has 0 amide bonds. The quantitative estimate of drug-likeness (QED) is 0.876. The summed E-state index contributed by atoms with van der Waals surface area (Å²) in [5, 5.41) is 11.8. The highest BCUT2D eigenvalue weighted by molar-refractivity contribution is 5.49. The Morgan fingerprint density at radius 3 is 2.58 bits per heavy atom. The van der Waals surface area contributed by atoms with Crippen molar-refractivity contribution in [2.45, 2.75) is 25.3 Å². The second-order valence-electron chi connectivity index (χ2n) is 5.04. The van der Waals surface area contributed by atoms with E-state index >= 15 is 0 Å². The smallest absolute Gasteiger partial charge is 0.0858 e. The van der Waals surface area contributed by atoms with Gasteiger partial charge in [-0.1, -0.05) is 6.42 Å². The number of anilines is 1. The predicted octanol–water partition coefficient (Wildman–Crippen LogP) is 1.81. The molecule has 2 atom stereocenters. The topological polar surface area (TPSA) is 68.8 Å². The molecule has 2 aromatic rings. The van der Waals surface area contributed by atoms with Gasteiger partial charge < -0.3 is 11.1 Å². The molecular formula is C14H19N5. The third kappa shape index (κ3) is 2.61. The molecule has 0 aliphatic heterocycles. The van der Waals surface area contributed by atoms with E-state index in [0.29, 0.717) is 12.0 Å². The van der Waals surface area contributed by atoms with Crippen LogP contribution in [0.25, 0.3) is 5.69 Å². The second-order valence-corrected chi connectivity index (χ2v) is 5.04. The van der Waals surface area contributed by atoms with Gasteiger partial charge in [-0.2, -0.15) is 15.0 Å². The highest BCUT2D eigenvalue weighted by Crippen LogP contribution is 2.27. The van der Waals surface area contributed by atoms with E-state index in [0.717, 1.165) is 17.9 Å². The molecule has 0 bridgehead atoms. The lowest BCUT2D eigenvalue weighted by Gasteiger charge is -2.20. The van der Waals surface area contributed by atoms with E-state index in [4.69, 9.17) is 5.73 Å². The Labute approximate surface area is 112 Å². The molecule has 1 fully saturated rings. The Morgan fingerprint density at radius 2 is 1.89 bits per heavy atom. The van der Waals surface area contributed by atoms with Gasteiger partial charge in [-0.15, -0.1) is 0 Å². The minimum Gasteiger partial charge on any atom is -0.382 e. The maximum atomic E-state index is 5.81. The first kappa shape index (κ1) is 12.2. The molecule has 0 radical (unpaired) electrons. The number of nitrogens with zero attached hydrogens (tertiary/aromatic N) is 3. The van der Waals surface area contributed by atoms with Gasteiger partial charge in [0.05, 0.1) is 18.1 Å². The first-order valence-electron chi connectivity index (χ1n) is 6.80. The lowest BCUT2D eigenvalue weighted by Crippen LogP contribution is -2.29. The van der Waals surface area contributed by atoms with E-state index in [9.17, 15) is 0 Å². The zero-order valence-corrected chi connectivity index (χ0v) is 10.9. The summed E-state index contributed by atoms with van der Waals surface area (Å²) in [6.45, 7) is 0.771. The maximum absolute atomic E-state index is 5.81. The van der Waals surface area contributed by atoms with Crippen LogP contribution in [0.2, 0.25) is 0 Å². The Bertz CT molecular complexity index is 505. The van der Waals surface area contributed by atoms with Crippen LogP contribution in [0.3, 0.4) is 0 Å². The molecule has 2 unspecified atom stereocenters. The standard InChI is InChI=1S/C14H19N5/c15-10-11-2-1-3-14(11)18-12-4-6-13(7-5-12)19-16-8-9-17-19/h4-9,11,14,18H,1-3,10,15H2. The monoisotopic (exact) mass is 257 g/mol. The van der Waals surface area contributed by atoms with Crippen LogP contribution in [0.1, 0.15) is 19.3 Å². The molecule has 1 heterocycles. The summed E-state index contributed by atoms with van der Waals surface area (Å²) in [6.07, 6.45) is 7.08. The van der Waals surface area contributed by atoms with Gasteiger partial charge in [-0.05, 0) is 49.6 Å². The lowest BCUT2D eigenvalue weighted by molar-refractivity contribution is 0.516. The Kier molecular flexibility index (Phi) is 3.46. The van der Waals surface area contributed by atoms with E-state index in [2.05, 4.69) is 27.6 Å². The molecule has 5 nitrogen and oxygen atoms in total. The van der Waals surface area contributed by atoms with Gasteiger partial charge in [0.25, 0.3) is 0 Å². The van der Waals surface area contributed by atoms with Crippen molar-refractivity contribution in [3.05, 3.63) is 36.7 Å². The van der Waals surface area contributed by atoms with Crippen LogP contribution in [-0.2, 0) is 0 Å². The van der Waals surface area contributed by atoms with Gasteiger partial charge in [0.2, 0.25) is 0 Å². The van der Waals surface area contributed by atoms with Crippen molar-refractivity contribution in [3.63, 3.8) is 0 Å². The molecule has 0 spiro atoms. The van der Waals surface area contributed by atoms with E-state index in [1.165, 1.54) is 19.3 Å². The first-order chi connectivity index (χ1) is 9.36. The lowest BCUT2D eigenvalue weighted by atomic mass is 10.0. The molecule has 1 aromatic carbocycles. The van der Waals surface area contributed by atoms with Gasteiger partial charge >= 0.3 is 0 Å². The SMILES string of the molecule is NCC1CCCC1Nc1ccc(-n2nccn2)cc1. The van der Waals surface area contributed by atoms with Crippen molar-refractivity contribution in [3.8, 4) is 5.69 Å². The summed E-state index contributed by atoms with van der Waals surface area (Å²) in [6, 6.07) is 8.71. The Balaban J connectivity index is 1.69. The van der Waals surface area contributed by atoms with E-state index in [1.807, 2.05) is 12.1 Å². The zero-order chi connectivity index (χ0) is 13.1. The summed E-state index contributed by atoms with van der Waals surface area (Å²) >= 11 is 0. The summed E-state index contributed by atoms with van der Waals surface area (Å²) in [5.74, 6) is 0.604. The fraction of sp³-hybridized carbons (Fsp3) is 0.429. The number of aromatic nitrogens is 3. The van der Waals surface area contributed by atoms with Crippen molar-refractivity contribution in [2.24, 2.45) is 11.7 Å².